The Labute approximate surface area is 89.2 Å². The third kappa shape index (κ3) is 2.61. The topological polar surface area (TPSA) is 68.3 Å². The molecule has 1 rings (SSSR count). The number of methoxy groups -OCH3 is 2. The van der Waals surface area contributed by atoms with E-state index in [-0.39, 0.29) is 12.5 Å². The Morgan fingerprint density at radius 1 is 1.27 bits per heavy atom. The van der Waals surface area contributed by atoms with Crippen molar-refractivity contribution in [1.82, 2.24) is 0 Å². The highest BCUT2D eigenvalue weighted by Gasteiger charge is 2.11. The largest absolute Gasteiger partial charge is 0.497 e. The molecule has 1 unspecified atom stereocenters. The number of rotatable bonds is 4. The van der Waals surface area contributed by atoms with Crippen molar-refractivity contribution in [3.05, 3.63) is 23.8 Å². The molecule has 0 aliphatic carbocycles. The van der Waals surface area contributed by atoms with Crippen LogP contribution in [0.25, 0.3) is 0 Å². The molecule has 1 atom stereocenters. The van der Waals surface area contributed by atoms with E-state index in [0.29, 0.717) is 11.5 Å². The predicted molar refractivity (Wildman–Crippen MR) is 57.0 cm³/mol. The fourth-order valence-corrected chi connectivity index (χ4v) is 1.29. The van der Waals surface area contributed by atoms with Crippen LogP contribution >= 0.6 is 0 Å². The lowest BCUT2D eigenvalue weighted by atomic mass is 10.0. The van der Waals surface area contributed by atoms with Gasteiger partial charge in [-0.2, -0.15) is 5.26 Å². The second-order valence-corrected chi connectivity index (χ2v) is 3.06. The SMILES string of the molecule is COc1cc(OC)cc(C(C#N)CN)c1. The molecule has 1 aromatic rings. The number of nitriles is 1. The minimum absolute atomic E-state index is 0.285. The molecule has 0 radical (unpaired) electrons. The van der Waals surface area contributed by atoms with Crippen molar-refractivity contribution in [2.24, 2.45) is 5.73 Å². The summed E-state index contributed by atoms with van der Waals surface area (Å²) in [6.45, 7) is 0.285. The van der Waals surface area contributed by atoms with E-state index in [9.17, 15) is 0 Å². The van der Waals surface area contributed by atoms with Crippen LogP contribution in [0.5, 0.6) is 11.5 Å². The van der Waals surface area contributed by atoms with E-state index in [0.717, 1.165) is 5.56 Å². The van der Waals surface area contributed by atoms with Gasteiger partial charge in [-0.15, -0.1) is 0 Å². The normalized spacial score (nSPS) is 11.6. The van der Waals surface area contributed by atoms with E-state index >= 15 is 0 Å². The average molecular weight is 206 g/mol. The molecule has 0 aliphatic rings. The molecule has 0 aromatic heterocycles. The summed E-state index contributed by atoms with van der Waals surface area (Å²) in [5, 5.41) is 8.90. The Bertz CT molecular complexity index is 349. The van der Waals surface area contributed by atoms with Gasteiger partial charge in [0.1, 0.15) is 11.5 Å². The Morgan fingerprint density at radius 3 is 2.13 bits per heavy atom. The number of ether oxygens (including phenoxy) is 2. The first-order valence-corrected chi connectivity index (χ1v) is 4.57. The summed E-state index contributed by atoms with van der Waals surface area (Å²) in [5.41, 5.74) is 6.31. The van der Waals surface area contributed by atoms with E-state index in [1.807, 2.05) is 0 Å². The summed E-state index contributed by atoms with van der Waals surface area (Å²) in [6.07, 6.45) is 0. The zero-order valence-electron chi connectivity index (χ0n) is 8.86. The van der Waals surface area contributed by atoms with E-state index in [2.05, 4.69) is 6.07 Å². The third-order valence-electron chi connectivity index (χ3n) is 2.17. The van der Waals surface area contributed by atoms with Crippen LogP contribution < -0.4 is 15.2 Å². The first-order valence-electron chi connectivity index (χ1n) is 4.57. The van der Waals surface area contributed by atoms with Gasteiger partial charge in [0.15, 0.2) is 0 Å². The van der Waals surface area contributed by atoms with Crippen molar-refractivity contribution < 1.29 is 9.47 Å². The summed E-state index contributed by atoms with van der Waals surface area (Å²) in [7, 11) is 3.14. The molecule has 0 spiro atoms. The lowest BCUT2D eigenvalue weighted by molar-refractivity contribution is 0.393. The Hall–Kier alpha value is -1.73. The van der Waals surface area contributed by atoms with E-state index in [4.69, 9.17) is 20.5 Å². The maximum Gasteiger partial charge on any atom is 0.122 e. The molecule has 0 amide bonds. The minimum Gasteiger partial charge on any atom is -0.497 e. The monoisotopic (exact) mass is 206 g/mol. The second kappa shape index (κ2) is 5.23. The lowest BCUT2D eigenvalue weighted by Gasteiger charge is -2.10. The molecule has 0 fully saturated rings. The van der Waals surface area contributed by atoms with Crippen molar-refractivity contribution in [3.8, 4) is 17.6 Å². The van der Waals surface area contributed by atoms with Gasteiger partial charge in [-0.25, -0.2) is 0 Å². The van der Waals surface area contributed by atoms with Crippen molar-refractivity contribution >= 4 is 0 Å². The molecule has 15 heavy (non-hydrogen) atoms. The van der Waals surface area contributed by atoms with Crippen LogP contribution in [0.1, 0.15) is 11.5 Å². The summed E-state index contributed by atoms with van der Waals surface area (Å²) >= 11 is 0. The number of hydrogen-bond acceptors (Lipinski definition) is 4. The maximum absolute atomic E-state index is 8.90. The highest BCUT2D eigenvalue weighted by Crippen LogP contribution is 2.26. The van der Waals surface area contributed by atoms with Crippen LogP contribution in [-0.4, -0.2) is 20.8 Å². The van der Waals surface area contributed by atoms with Gasteiger partial charge in [0.25, 0.3) is 0 Å². The highest BCUT2D eigenvalue weighted by molar-refractivity contribution is 5.41. The zero-order chi connectivity index (χ0) is 11.3. The fraction of sp³-hybridized carbons (Fsp3) is 0.364. The van der Waals surface area contributed by atoms with Crippen LogP contribution in [0.15, 0.2) is 18.2 Å². The molecule has 4 nitrogen and oxygen atoms in total. The second-order valence-electron chi connectivity index (χ2n) is 3.06. The van der Waals surface area contributed by atoms with Crippen LogP contribution in [-0.2, 0) is 0 Å². The standard InChI is InChI=1S/C11H14N2O2/c1-14-10-3-8(9(6-12)7-13)4-11(5-10)15-2/h3-5,9H,6,12H2,1-2H3. The highest BCUT2D eigenvalue weighted by atomic mass is 16.5. The van der Waals surface area contributed by atoms with Crippen molar-refractivity contribution in [2.45, 2.75) is 5.92 Å². The molecule has 0 saturated heterocycles. The number of nitrogens with two attached hydrogens (primary N) is 1. The zero-order valence-corrected chi connectivity index (χ0v) is 8.86. The fourth-order valence-electron chi connectivity index (χ4n) is 1.29. The smallest absolute Gasteiger partial charge is 0.122 e. The van der Waals surface area contributed by atoms with Gasteiger partial charge in [0.05, 0.1) is 26.2 Å². The molecule has 0 bridgehead atoms. The Balaban J connectivity index is 3.12. The third-order valence-corrected chi connectivity index (χ3v) is 2.17. The number of hydrogen-bond donors (Lipinski definition) is 1. The number of benzene rings is 1. The van der Waals surface area contributed by atoms with E-state index in [1.165, 1.54) is 0 Å². The summed E-state index contributed by atoms with van der Waals surface area (Å²) < 4.78 is 10.2. The molecule has 2 N–H and O–H groups in total. The maximum atomic E-state index is 8.90. The van der Waals surface area contributed by atoms with Gasteiger partial charge in [-0.05, 0) is 17.7 Å². The van der Waals surface area contributed by atoms with Crippen molar-refractivity contribution in [1.29, 1.82) is 5.26 Å². The van der Waals surface area contributed by atoms with Gasteiger partial charge in [-0.3, -0.25) is 0 Å². The Morgan fingerprint density at radius 2 is 1.80 bits per heavy atom. The molecular formula is C11H14N2O2. The molecule has 0 aliphatic heterocycles. The minimum atomic E-state index is -0.325. The Kier molecular flexibility index (Phi) is 3.95. The van der Waals surface area contributed by atoms with Gasteiger partial charge < -0.3 is 15.2 Å². The quantitative estimate of drug-likeness (QED) is 0.805. The predicted octanol–water partition coefficient (Wildman–Crippen LogP) is 1.27. The molecule has 1 aromatic carbocycles. The molecule has 4 heteroatoms. The van der Waals surface area contributed by atoms with Gasteiger partial charge >= 0.3 is 0 Å². The van der Waals surface area contributed by atoms with Crippen LogP contribution in [0, 0.1) is 11.3 Å². The molecular weight excluding hydrogens is 192 g/mol. The summed E-state index contributed by atoms with van der Waals surface area (Å²) in [4.78, 5) is 0. The van der Waals surface area contributed by atoms with Gasteiger partial charge in [-0.1, -0.05) is 0 Å². The van der Waals surface area contributed by atoms with Crippen LogP contribution in [0.3, 0.4) is 0 Å². The average Bonchev–Trinajstić information content (AvgIpc) is 2.30. The van der Waals surface area contributed by atoms with Gasteiger partial charge in [0.2, 0.25) is 0 Å². The molecule has 0 heterocycles. The summed E-state index contributed by atoms with van der Waals surface area (Å²) in [5.74, 6) is 1.00. The van der Waals surface area contributed by atoms with Gasteiger partial charge in [0, 0.05) is 12.6 Å². The van der Waals surface area contributed by atoms with Crippen LogP contribution in [0.4, 0.5) is 0 Å². The van der Waals surface area contributed by atoms with Crippen LogP contribution in [0.2, 0.25) is 0 Å². The number of nitrogens with zero attached hydrogens (tertiary/aromatic N) is 1. The summed E-state index contributed by atoms with van der Waals surface area (Å²) in [6, 6.07) is 7.48. The van der Waals surface area contributed by atoms with E-state index < -0.39 is 0 Å². The first-order chi connectivity index (χ1) is 7.24. The van der Waals surface area contributed by atoms with E-state index in [1.54, 1.807) is 32.4 Å². The van der Waals surface area contributed by atoms with Crippen molar-refractivity contribution in [3.63, 3.8) is 0 Å². The molecule has 80 valence electrons. The first kappa shape index (κ1) is 11.3. The lowest BCUT2D eigenvalue weighted by Crippen LogP contribution is -2.10. The van der Waals surface area contributed by atoms with Crippen molar-refractivity contribution in [2.75, 3.05) is 20.8 Å². The molecule has 0 saturated carbocycles.